The number of hydrogen-bond acceptors (Lipinski definition) is 1. The molecule has 76 valence electrons. The second kappa shape index (κ2) is 5.34. The van der Waals surface area contributed by atoms with Gasteiger partial charge in [0.1, 0.15) is 0 Å². The Morgan fingerprint density at radius 1 is 1.36 bits per heavy atom. The lowest BCUT2D eigenvalue weighted by Gasteiger charge is -2.14. The molecule has 0 unspecified atom stereocenters. The van der Waals surface area contributed by atoms with Crippen LogP contribution in [-0.2, 0) is 11.2 Å². The highest BCUT2D eigenvalue weighted by molar-refractivity contribution is 14.1. The van der Waals surface area contributed by atoms with Crippen LogP contribution in [0.2, 0.25) is 0 Å². The van der Waals surface area contributed by atoms with Crippen molar-refractivity contribution in [3.05, 3.63) is 33.4 Å². The molecule has 0 atom stereocenters. The Hall–Kier alpha value is -0.580. The van der Waals surface area contributed by atoms with Gasteiger partial charge >= 0.3 is 0 Å². The lowest BCUT2D eigenvalue weighted by Crippen LogP contribution is -2.27. The van der Waals surface area contributed by atoms with Crippen molar-refractivity contribution in [1.29, 1.82) is 0 Å². The first-order chi connectivity index (χ1) is 6.63. The monoisotopic (exact) mass is 303 g/mol. The van der Waals surface area contributed by atoms with Crippen molar-refractivity contribution < 1.29 is 4.79 Å². The van der Waals surface area contributed by atoms with Gasteiger partial charge < -0.3 is 4.90 Å². The lowest BCUT2D eigenvalue weighted by atomic mass is 10.1. The van der Waals surface area contributed by atoms with Gasteiger partial charge in [0.15, 0.2) is 0 Å². The first-order valence-electron chi connectivity index (χ1n) is 4.62. The van der Waals surface area contributed by atoms with E-state index in [0.717, 1.165) is 12.1 Å². The Labute approximate surface area is 98.4 Å². The second-order valence-corrected chi connectivity index (χ2v) is 4.46. The van der Waals surface area contributed by atoms with Crippen LogP contribution >= 0.6 is 22.6 Å². The van der Waals surface area contributed by atoms with Crippen LogP contribution < -0.4 is 0 Å². The molecule has 0 fully saturated rings. The molecule has 2 nitrogen and oxygen atoms in total. The standard InChI is InChI=1S/C11H14INO/c1-3-13(2)11(14)8-9-4-6-10(12)7-5-9/h4-7H,3,8H2,1-2H3. The molecule has 3 heteroatoms. The highest BCUT2D eigenvalue weighted by Crippen LogP contribution is 2.08. The minimum atomic E-state index is 0.175. The lowest BCUT2D eigenvalue weighted by molar-refractivity contribution is -0.128. The van der Waals surface area contributed by atoms with Gasteiger partial charge in [-0.3, -0.25) is 4.79 Å². The van der Waals surface area contributed by atoms with Crippen molar-refractivity contribution in [2.75, 3.05) is 13.6 Å². The number of carbonyl (C=O) groups is 1. The average Bonchev–Trinajstić information content (AvgIpc) is 2.20. The third-order valence-electron chi connectivity index (χ3n) is 2.17. The van der Waals surface area contributed by atoms with Crippen molar-refractivity contribution in [2.24, 2.45) is 0 Å². The number of likely N-dealkylation sites (N-methyl/N-ethyl adjacent to an activating group) is 1. The number of nitrogens with zero attached hydrogens (tertiary/aromatic N) is 1. The summed E-state index contributed by atoms with van der Waals surface area (Å²) in [7, 11) is 1.83. The van der Waals surface area contributed by atoms with E-state index in [9.17, 15) is 4.79 Å². The molecule has 0 saturated heterocycles. The maximum Gasteiger partial charge on any atom is 0.226 e. The van der Waals surface area contributed by atoms with Crippen LogP contribution in [0.25, 0.3) is 0 Å². The minimum Gasteiger partial charge on any atom is -0.346 e. The van der Waals surface area contributed by atoms with E-state index >= 15 is 0 Å². The zero-order valence-corrected chi connectivity index (χ0v) is 10.6. The average molecular weight is 303 g/mol. The maximum absolute atomic E-state index is 11.6. The summed E-state index contributed by atoms with van der Waals surface area (Å²) in [5.74, 6) is 0.175. The molecule has 0 spiro atoms. The number of rotatable bonds is 3. The predicted octanol–water partition coefficient (Wildman–Crippen LogP) is 2.31. The Morgan fingerprint density at radius 2 is 1.93 bits per heavy atom. The third kappa shape index (κ3) is 3.29. The number of hydrogen-bond donors (Lipinski definition) is 0. The molecule has 0 N–H and O–H groups in total. The van der Waals surface area contributed by atoms with Gasteiger partial charge in [-0.05, 0) is 47.2 Å². The van der Waals surface area contributed by atoms with E-state index < -0.39 is 0 Å². The molecule has 14 heavy (non-hydrogen) atoms. The largest absolute Gasteiger partial charge is 0.346 e. The molecule has 1 aromatic carbocycles. The molecule has 0 aliphatic heterocycles. The van der Waals surface area contributed by atoms with E-state index in [1.165, 1.54) is 3.57 Å². The molecule has 1 aromatic rings. The number of carbonyl (C=O) groups excluding carboxylic acids is 1. The van der Waals surface area contributed by atoms with Crippen LogP contribution in [-0.4, -0.2) is 24.4 Å². The Balaban J connectivity index is 2.60. The van der Waals surface area contributed by atoms with Crippen molar-refractivity contribution in [2.45, 2.75) is 13.3 Å². The quantitative estimate of drug-likeness (QED) is 0.785. The molecule has 0 aliphatic carbocycles. The van der Waals surface area contributed by atoms with Crippen molar-refractivity contribution >= 4 is 28.5 Å². The van der Waals surface area contributed by atoms with Gasteiger partial charge in [-0.15, -0.1) is 0 Å². The zero-order chi connectivity index (χ0) is 10.6. The fourth-order valence-corrected chi connectivity index (χ4v) is 1.45. The van der Waals surface area contributed by atoms with E-state index in [2.05, 4.69) is 22.6 Å². The van der Waals surface area contributed by atoms with Gasteiger partial charge in [0.25, 0.3) is 0 Å². The molecule has 0 aliphatic rings. The first-order valence-corrected chi connectivity index (χ1v) is 5.69. The molecule has 0 saturated carbocycles. The summed E-state index contributed by atoms with van der Waals surface area (Å²) in [6.45, 7) is 2.75. The van der Waals surface area contributed by atoms with Crippen LogP contribution in [0.3, 0.4) is 0 Å². The summed E-state index contributed by atoms with van der Waals surface area (Å²) in [6.07, 6.45) is 0.501. The summed E-state index contributed by atoms with van der Waals surface area (Å²) in [5.41, 5.74) is 1.08. The summed E-state index contributed by atoms with van der Waals surface area (Å²) < 4.78 is 1.20. The topological polar surface area (TPSA) is 20.3 Å². The summed E-state index contributed by atoms with van der Waals surface area (Å²) in [6, 6.07) is 8.05. The van der Waals surface area contributed by atoms with Gasteiger partial charge in [-0.25, -0.2) is 0 Å². The highest BCUT2D eigenvalue weighted by atomic mass is 127. The fraction of sp³-hybridized carbons (Fsp3) is 0.364. The van der Waals surface area contributed by atoms with E-state index in [0.29, 0.717) is 6.42 Å². The molecule has 1 rings (SSSR count). The van der Waals surface area contributed by atoms with E-state index in [1.54, 1.807) is 4.90 Å². The van der Waals surface area contributed by atoms with Gasteiger partial charge in [-0.1, -0.05) is 12.1 Å². The zero-order valence-electron chi connectivity index (χ0n) is 8.46. The van der Waals surface area contributed by atoms with E-state index in [1.807, 2.05) is 38.2 Å². The highest BCUT2D eigenvalue weighted by Gasteiger charge is 2.06. The summed E-state index contributed by atoms with van der Waals surface area (Å²) in [5, 5.41) is 0. The second-order valence-electron chi connectivity index (χ2n) is 3.21. The Morgan fingerprint density at radius 3 is 2.43 bits per heavy atom. The molecule has 1 amide bonds. The molecule has 0 aromatic heterocycles. The van der Waals surface area contributed by atoms with Crippen LogP contribution in [0, 0.1) is 3.57 Å². The van der Waals surface area contributed by atoms with E-state index in [4.69, 9.17) is 0 Å². The van der Waals surface area contributed by atoms with Gasteiger partial charge in [-0.2, -0.15) is 0 Å². The molecular formula is C11H14INO. The van der Waals surface area contributed by atoms with Gasteiger partial charge in [0.05, 0.1) is 6.42 Å². The van der Waals surface area contributed by atoms with Gasteiger partial charge in [0, 0.05) is 17.2 Å². The van der Waals surface area contributed by atoms with Crippen molar-refractivity contribution in [3.8, 4) is 0 Å². The maximum atomic E-state index is 11.6. The van der Waals surface area contributed by atoms with Crippen LogP contribution in [0.4, 0.5) is 0 Å². The minimum absolute atomic E-state index is 0.175. The van der Waals surface area contributed by atoms with E-state index in [-0.39, 0.29) is 5.91 Å². The smallest absolute Gasteiger partial charge is 0.226 e. The van der Waals surface area contributed by atoms with Crippen LogP contribution in [0.5, 0.6) is 0 Å². The molecule has 0 bridgehead atoms. The summed E-state index contributed by atoms with van der Waals surface area (Å²) in [4.78, 5) is 13.3. The normalized spacial score (nSPS) is 9.93. The number of amides is 1. The van der Waals surface area contributed by atoms with Crippen molar-refractivity contribution in [3.63, 3.8) is 0 Å². The van der Waals surface area contributed by atoms with Crippen molar-refractivity contribution in [1.82, 2.24) is 4.90 Å². The predicted molar refractivity (Wildman–Crippen MR) is 66.2 cm³/mol. The molecule has 0 heterocycles. The third-order valence-corrected chi connectivity index (χ3v) is 2.89. The summed E-state index contributed by atoms with van der Waals surface area (Å²) >= 11 is 2.26. The number of benzene rings is 1. The SMILES string of the molecule is CCN(C)C(=O)Cc1ccc(I)cc1. The van der Waals surface area contributed by atoms with Gasteiger partial charge in [0.2, 0.25) is 5.91 Å². The Bertz CT molecular complexity index is 308. The Kier molecular flexibility index (Phi) is 4.38. The first kappa shape index (κ1) is 11.5. The fourth-order valence-electron chi connectivity index (χ4n) is 1.09. The molecule has 0 radical (unpaired) electrons. The van der Waals surface area contributed by atoms with Crippen LogP contribution in [0.15, 0.2) is 24.3 Å². The number of halogens is 1. The van der Waals surface area contributed by atoms with Crippen LogP contribution in [0.1, 0.15) is 12.5 Å². The molecular weight excluding hydrogens is 289 g/mol.